The van der Waals surface area contributed by atoms with Crippen LogP contribution in [-0.2, 0) is 14.8 Å². The Balaban J connectivity index is 4.67. The average Bonchev–Trinajstić information content (AvgIpc) is 2.00. The van der Waals surface area contributed by atoms with Crippen LogP contribution in [0.2, 0.25) is 0 Å². The summed E-state index contributed by atoms with van der Waals surface area (Å²) in [5, 5.41) is -0.645. The molecule has 0 aromatic heterocycles. The van der Waals surface area contributed by atoms with Crippen LogP contribution in [-0.4, -0.2) is 25.6 Å². The molecule has 0 heterocycles. The molecule has 3 N–H and O–H groups in total. The van der Waals surface area contributed by atoms with Crippen molar-refractivity contribution in [3.05, 3.63) is 0 Å². The number of rotatable bonds is 3. The molecule has 90 valence electrons. The largest absolute Gasteiger partial charge is 0.319 e. The number of hydrogen-bond acceptors (Lipinski definition) is 4. The Morgan fingerprint density at radius 3 is 1.93 bits per heavy atom. The Labute approximate surface area is 91.5 Å². The Kier molecular flexibility index (Phi) is 4.30. The predicted octanol–water partition coefficient (Wildman–Crippen LogP) is 0.214. The molecule has 0 aliphatic heterocycles. The van der Waals surface area contributed by atoms with E-state index in [-0.39, 0.29) is 0 Å². The second kappa shape index (κ2) is 4.49. The van der Waals surface area contributed by atoms with Gasteiger partial charge in [-0.1, -0.05) is 20.8 Å². The zero-order valence-electron chi connectivity index (χ0n) is 9.87. The fraction of sp³-hybridized carbons (Fsp3) is 0.889. The van der Waals surface area contributed by atoms with Crippen molar-refractivity contribution in [3.8, 4) is 0 Å². The summed E-state index contributed by atoms with van der Waals surface area (Å²) < 4.78 is 24.7. The number of carbonyl (C=O) groups excluding carboxylic acids is 1. The summed E-state index contributed by atoms with van der Waals surface area (Å²) in [6.45, 7) is 8.33. The lowest BCUT2D eigenvalue weighted by Gasteiger charge is -2.25. The molecule has 0 aromatic rings. The number of amides is 1. The monoisotopic (exact) mass is 236 g/mol. The minimum absolute atomic E-state index is 0.462. The normalized spacial score (nSPS) is 15.1. The first-order chi connectivity index (χ1) is 6.48. The molecule has 0 aromatic carbocycles. The maximum Gasteiger partial charge on any atom is 0.250 e. The van der Waals surface area contributed by atoms with Gasteiger partial charge in [-0.3, -0.25) is 9.52 Å². The molecular formula is C9H20N2O3S. The molecule has 1 unspecified atom stereocenters. The molecule has 0 bridgehead atoms. The van der Waals surface area contributed by atoms with Gasteiger partial charge in [-0.05, 0) is 19.3 Å². The van der Waals surface area contributed by atoms with Gasteiger partial charge in [0.05, 0.1) is 11.3 Å². The third-order valence-corrected chi connectivity index (χ3v) is 3.81. The van der Waals surface area contributed by atoms with Gasteiger partial charge in [-0.15, -0.1) is 0 Å². The van der Waals surface area contributed by atoms with Gasteiger partial charge < -0.3 is 5.73 Å². The lowest BCUT2D eigenvalue weighted by Crippen LogP contribution is -2.51. The van der Waals surface area contributed by atoms with Crippen LogP contribution in [0.5, 0.6) is 0 Å². The summed E-state index contributed by atoms with van der Waals surface area (Å²) in [4.78, 5) is 11.5. The van der Waals surface area contributed by atoms with E-state index in [2.05, 4.69) is 0 Å². The van der Waals surface area contributed by atoms with E-state index in [1.807, 2.05) is 4.72 Å². The van der Waals surface area contributed by atoms with Crippen LogP contribution in [0.4, 0.5) is 0 Å². The van der Waals surface area contributed by atoms with Gasteiger partial charge in [0.1, 0.15) is 0 Å². The smallest absolute Gasteiger partial charge is 0.250 e. The topological polar surface area (TPSA) is 89.3 Å². The van der Waals surface area contributed by atoms with Gasteiger partial charge in [0.15, 0.2) is 0 Å². The summed E-state index contributed by atoms with van der Waals surface area (Å²) >= 11 is 0. The second-order valence-electron chi connectivity index (χ2n) is 4.90. The molecular weight excluding hydrogens is 216 g/mol. The van der Waals surface area contributed by atoms with Gasteiger partial charge >= 0.3 is 0 Å². The summed E-state index contributed by atoms with van der Waals surface area (Å²) in [7, 11) is -3.58. The number of hydrogen-bond donors (Lipinski definition) is 2. The second-order valence-corrected chi connectivity index (χ2v) is 7.14. The van der Waals surface area contributed by atoms with Crippen molar-refractivity contribution in [1.29, 1.82) is 0 Å². The van der Waals surface area contributed by atoms with Crippen molar-refractivity contribution in [2.75, 3.05) is 0 Å². The van der Waals surface area contributed by atoms with Crippen molar-refractivity contribution in [3.63, 3.8) is 0 Å². The molecule has 0 radical (unpaired) electrons. The fourth-order valence-electron chi connectivity index (χ4n) is 0.715. The molecule has 15 heavy (non-hydrogen) atoms. The fourth-order valence-corrected chi connectivity index (χ4v) is 1.36. The highest BCUT2D eigenvalue weighted by Crippen LogP contribution is 2.17. The van der Waals surface area contributed by atoms with E-state index >= 15 is 0 Å². The quantitative estimate of drug-likeness (QED) is 0.733. The summed E-state index contributed by atoms with van der Waals surface area (Å²) in [5.41, 5.74) is 5.16. The molecule has 1 atom stereocenters. The standard InChI is InChI=1S/C9H20N2O3S/c1-6(2)15(13,14)11-8(12)7(10)9(3,4)5/h6-7H,10H2,1-5H3,(H,11,12). The lowest BCUT2D eigenvalue weighted by atomic mass is 9.87. The van der Waals surface area contributed by atoms with Crippen molar-refractivity contribution >= 4 is 15.9 Å². The molecule has 0 saturated carbocycles. The summed E-state index contributed by atoms with van der Waals surface area (Å²) in [5.74, 6) is -0.656. The van der Waals surface area contributed by atoms with E-state index < -0.39 is 32.6 Å². The van der Waals surface area contributed by atoms with Gasteiger partial charge in [0.25, 0.3) is 5.91 Å². The van der Waals surface area contributed by atoms with Crippen molar-refractivity contribution in [2.24, 2.45) is 11.1 Å². The van der Waals surface area contributed by atoms with Crippen LogP contribution in [0.3, 0.4) is 0 Å². The van der Waals surface area contributed by atoms with E-state index in [4.69, 9.17) is 5.73 Å². The summed E-state index contributed by atoms with van der Waals surface area (Å²) in [6.07, 6.45) is 0. The average molecular weight is 236 g/mol. The highest BCUT2D eigenvalue weighted by Gasteiger charge is 2.30. The van der Waals surface area contributed by atoms with Crippen molar-refractivity contribution < 1.29 is 13.2 Å². The van der Waals surface area contributed by atoms with Crippen molar-refractivity contribution in [1.82, 2.24) is 4.72 Å². The van der Waals surface area contributed by atoms with Gasteiger partial charge in [0, 0.05) is 0 Å². The zero-order chi connectivity index (χ0) is 12.4. The molecule has 0 aliphatic rings. The number of nitrogens with one attached hydrogen (secondary N) is 1. The third kappa shape index (κ3) is 4.17. The Hall–Kier alpha value is -0.620. The highest BCUT2D eigenvalue weighted by molar-refractivity contribution is 7.90. The maximum atomic E-state index is 11.5. The SMILES string of the molecule is CC(C)S(=O)(=O)NC(=O)C(N)C(C)(C)C. The van der Waals surface area contributed by atoms with E-state index in [9.17, 15) is 13.2 Å². The molecule has 0 saturated heterocycles. The highest BCUT2D eigenvalue weighted by atomic mass is 32.2. The minimum atomic E-state index is -3.58. The van der Waals surface area contributed by atoms with Gasteiger partial charge in [0.2, 0.25) is 10.0 Å². The molecule has 0 fully saturated rings. The first-order valence-corrected chi connectivity index (χ1v) is 6.34. The van der Waals surface area contributed by atoms with Gasteiger partial charge in [-0.2, -0.15) is 0 Å². The van der Waals surface area contributed by atoms with E-state index in [1.54, 1.807) is 20.8 Å². The maximum absolute atomic E-state index is 11.5. The van der Waals surface area contributed by atoms with Crippen LogP contribution < -0.4 is 10.5 Å². The third-order valence-electron chi connectivity index (χ3n) is 2.08. The zero-order valence-corrected chi connectivity index (χ0v) is 10.7. The molecule has 0 spiro atoms. The molecule has 0 aliphatic carbocycles. The van der Waals surface area contributed by atoms with Crippen LogP contribution in [0.25, 0.3) is 0 Å². The Morgan fingerprint density at radius 1 is 1.27 bits per heavy atom. The van der Waals surface area contributed by atoms with Crippen LogP contribution in [0.15, 0.2) is 0 Å². The molecule has 1 amide bonds. The first-order valence-electron chi connectivity index (χ1n) is 4.79. The van der Waals surface area contributed by atoms with Crippen LogP contribution in [0.1, 0.15) is 34.6 Å². The minimum Gasteiger partial charge on any atom is -0.319 e. The van der Waals surface area contributed by atoms with E-state index in [0.717, 1.165) is 0 Å². The number of nitrogens with two attached hydrogens (primary N) is 1. The Bertz CT molecular complexity index is 328. The molecule has 0 rings (SSSR count). The predicted molar refractivity (Wildman–Crippen MR) is 59.6 cm³/mol. The summed E-state index contributed by atoms with van der Waals surface area (Å²) in [6, 6.07) is -0.842. The van der Waals surface area contributed by atoms with E-state index in [1.165, 1.54) is 13.8 Å². The first kappa shape index (κ1) is 14.4. The van der Waals surface area contributed by atoms with Gasteiger partial charge in [-0.25, -0.2) is 8.42 Å². The number of sulfonamides is 1. The molecule has 5 nitrogen and oxygen atoms in total. The van der Waals surface area contributed by atoms with Crippen molar-refractivity contribution in [2.45, 2.75) is 45.9 Å². The lowest BCUT2D eigenvalue weighted by molar-refractivity contribution is -0.122. The molecule has 6 heteroatoms. The Morgan fingerprint density at radius 2 is 1.67 bits per heavy atom. The van der Waals surface area contributed by atoms with Crippen LogP contribution >= 0.6 is 0 Å². The number of carbonyl (C=O) groups is 1. The van der Waals surface area contributed by atoms with E-state index in [0.29, 0.717) is 0 Å². The van der Waals surface area contributed by atoms with Crippen LogP contribution in [0, 0.1) is 5.41 Å².